The van der Waals surface area contributed by atoms with Gasteiger partial charge < -0.3 is 15.5 Å². The van der Waals surface area contributed by atoms with E-state index in [4.69, 9.17) is 0 Å². The molecule has 3 N–H and O–H groups in total. The number of rotatable bonds is 6. The first kappa shape index (κ1) is 17.7. The molecular weight excluding hydrogens is 319 g/mol. The molecule has 0 bridgehead atoms. The smallest absolute Gasteiger partial charge is 0.416 e. The van der Waals surface area contributed by atoms with Crippen molar-refractivity contribution in [2.75, 3.05) is 0 Å². The van der Waals surface area contributed by atoms with Crippen LogP contribution in [0.1, 0.15) is 23.1 Å². The molecule has 0 aromatic heterocycles. The summed E-state index contributed by atoms with van der Waals surface area (Å²) < 4.78 is 37.5. The molecule has 0 heterocycles. The first-order chi connectivity index (χ1) is 11.3. The Balaban J connectivity index is 1.81. The van der Waals surface area contributed by atoms with Gasteiger partial charge in [-0.1, -0.05) is 24.8 Å². The van der Waals surface area contributed by atoms with Gasteiger partial charge in [-0.2, -0.15) is 13.2 Å². The van der Waals surface area contributed by atoms with Gasteiger partial charge in [-0.15, -0.1) is 0 Å². The number of benzene rings is 2. The zero-order valence-electron chi connectivity index (χ0n) is 12.9. The molecule has 0 spiro atoms. The molecule has 0 saturated heterocycles. The SMILES string of the molecule is C=C(CCc1ccc(O)c(O)c1)NCc1ccc(C(F)(F)F)cc1. The van der Waals surface area contributed by atoms with E-state index in [1.54, 1.807) is 6.07 Å². The van der Waals surface area contributed by atoms with E-state index in [9.17, 15) is 23.4 Å². The quantitative estimate of drug-likeness (QED) is 0.687. The van der Waals surface area contributed by atoms with Crippen molar-refractivity contribution < 1.29 is 23.4 Å². The predicted octanol–water partition coefficient (Wildman–Crippen LogP) is 4.35. The maximum absolute atomic E-state index is 12.5. The molecule has 2 rings (SSSR count). The van der Waals surface area contributed by atoms with Crippen molar-refractivity contribution in [3.05, 3.63) is 71.4 Å². The normalized spacial score (nSPS) is 11.3. The zero-order valence-corrected chi connectivity index (χ0v) is 12.9. The molecule has 2 aromatic carbocycles. The first-order valence-corrected chi connectivity index (χ1v) is 7.34. The molecular formula is C18H18F3NO2. The van der Waals surface area contributed by atoms with Crippen LogP contribution in [0.15, 0.2) is 54.7 Å². The summed E-state index contributed by atoms with van der Waals surface area (Å²) in [6.07, 6.45) is -3.11. The van der Waals surface area contributed by atoms with Gasteiger partial charge in [0, 0.05) is 12.2 Å². The summed E-state index contributed by atoms with van der Waals surface area (Å²) in [6.45, 7) is 4.27. The molecule has 24 heavy (non-hydrogen) atoms. The fourth-order valence-electron chi connectivity index (χ4n) is 2.15. The van der Waals surface area contributed by atoms with Gasteiger partial charge >= 0.3 is 6.18 Å². The minimum Gasteiger partial charge on any atom is -0.504 e. The average molecular weight is 337 g/mol. The Kier molecular flexibility index (Phi) is 5.39. The second-order valence-corrected chi connectivity index (χ2v) is 5.47. The van der Waals surface area contributed by atoms with Crippen LogP contribution >= 0.6 is 0 Å². The Morgan fingerprint density at radius 3 is 2.17 bits per heavy atom. The van der Waals surface area contributed by atoms with E-state index in [0.29, 0.717) is 19.4 Å². The molecule has 0 aliphatic rings. The van der Waals surface area contributed by atoms with Crippen LogP contribution in [-0.4, -0.2) is 10.2 Å². The lowest BCUT2D eigenvalue weighted by molar-refractivity contribution is -0.137. The Morgan fingerprint density at radius 1 is 0.958 bits per heavy atom. The molecule has 0 aliphatic heterocycles. The highest BCUT2D eigenvalue weighted by Crippen LogP contribution is 2.29. The Hall–Kier alpha value is -2.63. The number of halogens is 3. The number of aromatic hydroxyl groups is 2. The van der Waals surface area contributed by atoms with Crippen LogP contribution in [-0.2, 0) is 19.1 Å². The van der Waals surface area contributed by atoms with Crippen molar-refractivity contribution >= 4 is 0 Å². The second kappa shape index (κ2) is 7.29. The van der Waals surface area contributed by atoms with E-state index >= 15 is 0 Å². The van der Waals surface area contributed by atoms with E-state index in [2.05, 4.69) is 11.9 Å². The summed E-state index contributed by atoms with van der Waals surface area (Å²) in [6, 6.07) is 9.58. The van der Waals surface area contributed by atoms with Crippen LogP contribution in [0.4, 0.5) is 13.2 Å². The van der Waals surface area contributed by atoms with Gasteiger partial charge in [0.25, 0.3) is 0 Å². The lowest BCUT2D eigenvalue weighted by atomic mass is 10.1. The van der Waals surface area contributed by atoms with Gasteiger partial charge in [0.1, 0.15) is 0 Å². The summed E-state index contributed by atoms with van der Waals surface area (Å²) in [5.74, 6) is -0.339. The van der Waals surface area contributed by atoms with Crippen molar-refractivity contribution in [1.29, 1.82) is 0 Å². The molecule has 2 aromatic rings. The lowest BCUT2D eigenvalue weighted by Crippen LogP contribution is -2.13. The van der Waals surface area contributed by atoms with E-state index in [1.807, 2.05) is 0 Å². The molecule has 0 radical (unpaired) electrons. The van der Waals surface area contributed by atoms with Crippen LogP contribution in [0.25, 0.3) is 0 Å². The number of allylic oxidation sites excluding steroid dienone is 1. The van der Waals surface area contributed by atoms with Crippen LogP contribution in [0.3, 0.4) is 0 Å². The van der Waals surface area contributed by atoms with Gasteiger partial charge in [-0.05, 0) is 48.2 Å². The van der Waals surface area contributed by atoms with E-state index in [-0.39, 0.29) is 11.5 Å². The average Bonchev–Trinajstić information content (AvgIpc) is 2.53. The molecule has 3 nitrogen and oxygen atoms in total. The van der Waals surface area contributed by atoms with E-state index in [1.165, 1.54) is 24.3 Å². The number of aryl methyl sites for hydroxylation is 1. The van der Waals surface area contributed by atoms with Crippen molar-refractivity contribution in [3.8, 4) is 11.5 Å². The monoisotopic (exact) mass is 337 g/mol. The number of hydrogen-bond donors (Lipinski definition) is 3. The van der Waals surface area contributed by atoms with Crippen molar-refractivity contribution in [3.63, 3.8) is 0 Å². The van der Waals surface area contributed by atoms with Gasteiger partial charge in [0.05, 0.1) is 5.56 Å². The van der Waals surface area contributed by atoms with Crippen LogP contribution in [0.2, 0.25) is 0 Å². The van der Waals surface area contributed by atoms with Gasteiger partial charge in [0.15, 0.2) is 11.5 Å². The van der Waals surface area contributed by atoms with Gasteiger partial charge in [-0.25, -0.2) is 0 Å². The summed E-state index contributed by atoms with van der Waals surface area (Å²) in [5.41, 5.74) is 1.65. The lowest BCUT2D eigenvalue weighted by Gasteiger charge is -2.11. The molecule has 0 amide bonds. The zero-order chi connectivity index (χ0) is 17.7. The van der Waals surface area contributed by atoms with Crippen molar-refractivity contribution in [2.45, 2.75) is 25.6 Å². The molecule has 0 atom stereocenters. The summed E-state index contributed by atoms with van der Waals surface area (Å²) in [4.78, 5) is 0. The number of phenols is 2. The third-order valence-electron chi connectivity index (χ3n) is 3.58. The van der Waals surface area contributed by atoms with Gasteiger partial charge in [-0.3, -0.25) is 0 Å². The third-order valence-corrected chi connectivity index (χ3v) is 3.58. The third kappa shape index (κ3) is 4.94. The largest absolute Gasteiger partial charge is 0.504 e. The van der Waals surface area contributed by atoms with Gasteiger partial charge in [0.2, 0.25) is 0 Å². The number of alkyl halides is 3. The molecule has 6 heteroatoms. The summed E-state index contributed by atoms with van der Waals surface area (Å²) in [7, 11) is 0. The highest BCUT2D eigenvalue weighted by Gasteiger charge is 2.29. The standard InChI is InChI=1S/C18H18F3NO2/c1-12(2-3-13-6-9-16(23)17(24)10-13)22-11-14-4-7-15(8-5-14)18(19,20)21/h4-10,22-24H,1-3,11H2. The minimum atomic E-state index is -4.33. The van der Waals surface area contributed by atoms with Crippen LogP contribution in [0, 0.1) is 0 Å². The van der Waals surface area contributed by atoms with Crippen LogP contribution in [0.5, 0.6) is 11.5 Å². The Labute approximate surface area is 138 Å². The topological polar surface area (TPSA) is 52.5 Å². The number of nitrogens with one attached hydrogen (secondary N) is 1. The molecule has 0 fully saturated rings. The Morgan fingerprint density at radius 2 is 1.58 bits per heavy atom. The minimum absolute atomic E-state index is 0.169. The maximum atomic E-state index is 12.5. The summed E-state index contributed by atoms with van der Waals surface area (Å²) >= 11 is 0. The highest BCUT2D eigenvalue weighted by molar-refractivity contribution is 5.40. The molecule has 0 aliphatic carbocycles. The molecule has 0 unspecified atom stereocenters. The fourth-order valence-corrected chi connectivity index (χ4v) is 2.15. The second-order valence-electron chi connectivity index (χ2n) is 5.47. The Bertz CT molecular complexity index is 709. The summed E-state index contributed by atoms with van der Waals surface area (Å²) in [5, 5.41) is 21.7. The molecule has 0 saturated carbocycles. The highest BCUT2D eigenvalue weighted by atomic mass is 19.4. The van der Waals surface area contributed by atoms with E-state index < -0.39 is 11.7 Å². The van der Waals surface area contributed by atoms with E-state index in [0.717, 1.165) is 29.0 Å². The predicted molar refractivity (Wildman–Crippen MR) is 85.5 cm³/mol. The fraction of sp³-hybridized carbons (Fsp3) is 0.222. The van der Waals surface area contributed by atoms with Crippen molar-refractivity contribution in [2.24, 2.45) is 0 Å². The number of hydrogen-bond acceptors (Lipinski definition) is 3. The van der Waals surface area contributed by atoms with Crippen LogP contribution < -0.4 is 5.32 Å². The maximum Gasteiger partial charge on any atom is 0.416 e. The molecule has 128 valence electrons. The number of phenolic OH excluding ortho intramolecular Hbond substituents is 2. The van der Waals surface area contributed by atoms with Crippen molar-refractivity contribution in [1.82, 2.24) is 5.32 Å². The first-order valence-electron chi connectivity index (χ1n) is 7.34.